The molecule has 0 aromatic heterocycles. The van der Waals surface area contributed by atoms with Gasteiger partial charge in [0.1, 0.15) is 6.10 Å². The van der Waals surface area contributed by atoms with E-state index in [4.69, 9.17) is 24.3 Å². The van der Waals surface area contributed by atoms with Crippen LogP contribution in [0.3, 0.4) is 0 Å². The molecule has 280 valence electrons. The van der Waals surface area contributed by atoms with Gasteiger partial charge in [-0.3, -0.25) is 13.8 Å². The van der Waals surface area contributed by atoms with E-state index in [0.717, 1.165) is 70.6 Å². The molecule has 3 N–H and O–H groups in total. The quantitative estimate of drug-likeness (QED) is 0.0287. The summed E-state index contributed by atoms with van der Waals surface area (Å²) in [5, 5.41) is 0. The molecule has 0 fully saturated rings. The second-order valence-corrected chi connectivity index (χ2v) is 13.9. The molecule has 2 atom stereocenters. The Morgan fingerprint density at radius 3 is 1.77 bits per heavy atom. The van der Waals surface area contributed by atoms with Gasteiger partial charge in [0.25, 0.3) is 0 Å². The highest BCUT2D eigenvalue weighted by atomic mass is 31.2. The van der Waals surface area contributed by atoms with Crippen molar-refractivity contribution in [1.82, 2.24) is 0 Å². The van der Waals surface area contributed by atoms with Gasteiger partial charge in [-0.05, 0) is 64.2 Å². The molecule has 0 aliphatic carbocycles. The molecule has 0 saturated carbocycles. The van der Waals surface area contributed by atoms with Crippen LogP contribution in [0, 0.1) is 0 Å². The lowest BCUT2D eigenvalue weighted by molar-refractivity contribution is -0.154. The number of hydrogen-bond donors (Lipinski definition) is 2. The molecule has 0 aliphatic rings. The van der Waals surface area contributed by atoms with Gasteiger partial charge in [-0.15, -0.1) is 0 Å². The molecule has 2 unspecified atom stereocenters. The molecular formula is C39H72NO7P. The van der Waals surface area contributed by atoms with Gasteiger partial charge >= 0.3 is 13.8 Å². The zero-order chi connectivity index (χ0) is 35.2. The molecule has 0 heterocycles. The van der Waals surface area contributed by atoms with E-state index in [1.54, 1.807) is 0 Å². The van der Waals surface area contributed by atoms with Gasteiger partial charge in [0, 0.05) is 19.6 Å². The van der Waals surface area contributed by atoms with Crippen LogP contribution >= 0.6 is 7.82 Å². The van der Waals surface area contributed by atoms with Crippen LogP contribution in [-0.4, -0.2) is 49.9 Å². The molecule has 0 radical (unpaired) electrons. The number of rotatable bonds is 36. The molecule has 0 spiro atoms. The van der Waals surface area contributed by atoms with Gasteiger partial charge in [-0.25, -0.2) is 4.57 Å². The second-order valence-electron chi connectivity index (χ2n) is 12.4. The number of phosphoric ester groups is 1. The number of carbonyl (C=O) groups excluding carboxylic acids is 1. The van der Waals surface area contributed by atoms with Gasteiger partial charge < -0.3 is 20.1 Å². The fraction of sp³-hybridized carbons (Fsp3) is 0.769. The first-order chi connectivity index (χ1) is 23.4. The summed E-state index contributed by atoms with van der Waals surface area (Å²) in [4.78, 5) is 22.3. The highest BCUT2D eigenvalue weighted by Crippen LogP contribution is 2.43. The molecule has 0 aromatic carbocycles. The van der Waals surface area contributed by atoms with Gasteiger partial charge in [-0.2, -0.15) is 0 Å². The predicted octanol–water partition coefficient (Wildman–Crippen LogP) is 10.9. The summed E-state index contributed by atoms with van der Waals surface area (Å²) in [6, 6.07) is 0. The average molecular weight is 698 g/mol. The summed E-state index contributed by atoms with van der Waals surface area (Å²) in [6.07, 6.45) is 41.2. The minimum atomic E-state index is -4.27. The van der Waals surface area contributed by atoms with Crippen molar-refractivity contribution < 1.29 is 32.8 Å². The molecule has 48 heavy (non-hydrogen) atoms. The van der Waals surface area contributed by atoms with Crippen LogP contribution < -0.4 is 5.73 Å². The summed E-state index contributed by atoms with van der Waals surface area (Å²) in [5.74, 6) is -0.346. The fourth-order valence-electron chi connectivity index (χ4n) is 4.93. The molecule has 0 aromatic rings. The first kappa shape index (κ1) is 46.5. The van der Waals surface area contributed by atoms with E-state index in [9.17, 15) is 14.3 Å². The smallest absolute Gasteiger partial charge is 0.457 e. The number of nitrogens with two attached hydrogens (primary N) is 1. The monoisotopic (exact) mass is 698 g/mol. The largest absolute Gasteiger partial charge is 0.472 e. The van der Waals surface area contributed by atoms with Crippen LogP contribution in [0.5, 0.6) is 0 Å². The first-order valence-corrected chi connectivity index (χ1v) is 20.6. The third-order valence-corrected chi connectivity index (χ3v) is 8.71. The zero-order valence-electron chi connectivity index (χ0n) is 30.7. The number of esters is 1. The molecule has 0 aliphatic heterocycles. The summed E-state index contributed by atoms with van der Waals surface area (Å²) in [5.41, 5.74) is 5.35. The van der Waals surface area contributed by atoms with Crippen molar-refractivity contribution in [1.29, 1.82) is 0 Å². The Labute approximate surface area is 294 Å². The van der Waals surface area contributed by atoms with E-state index in [0.29, 0.717) is 13.0 Å². The Bertz CT molecular complexity index is 874. The third-order valence-electron chi connectivity index (χ3n) is 7.73. The number of allylic oxidation sites excluding steroid dienone is 8. The first-order valence-electron chi connectivity index (χ1n) is 19.1. The Morgan fingerprint density at radius 1 is 0.646 bits per heavy atom. The topological polar surface area (TPSA) is 117 Å². The molecule has 0 amide bonds. The third kappa shape index (κ3) is 35.8. The predicted molar refractivity (Wildman–Crippen MR) is 201 cm³/mol. The molecule has 9 heteroatoms. The van der Waals surface area contributed by atoms with E-state index < -0.39 is 13.9 Å². The average Bonchev–Trinajstić information content (AvgIpc) is 3.07. The molecule has 0 saturated heterocycles. The number of phosphoric acid groups is 1. The van der Waals surface area contributed by atoms with Crippen molar-refractivity contribution in [2.45, 2.75) is 161 Å². The Morgan fingerprint density at radius 2 is 1.17 bits per heavy atom. The highest BCUT2D eigenvalue weighted by Gasteiger charge is 2.25. The Kier molecular flexibility index (Phi) is 35.6. The maximum Gasteiger partial charge on any atom is 0.472 e. The number of hydrogen-bond acceptors (Lipinski definition) is 7. The van der Waals surface area contributed by atoms with E-state index >= 15 is 0 Å². The molecular weight excluding hydrogens is 625 g/mol. The fourth-order valence-corrected chi connectivity index (χ4v) is 5.70. The lowest BCUT2D eigenvalue weighted by atomic mass is 10.1. The minimum Gasteiger partial charge on any atom is -0.457 e. The van der Waals surface area contributed by atoms with E-state index in [1.165, 1.54) is 64.2 Å². The molecule has 8 nitrogen and oxygen atoms in total. The van der Waals surface area contributed by atoms with E-state index in [1.807, 2.05) is 0 Å². The maximum absolute atomic E-state index is 12.5. The summed E-state index contributed by atoms with van der Waals surface area (Å²) < 4.78 is 33.3. The van der Waals surface area contributed by atoms with Crippen LogP contribution in [0.2, 0.25) is 0 Å². The Hall–Kier alpha value is -1.54. The van der Waals surface area contributed by atoms with Crippen molar-refractivity contribution in [2.24, 2.45) is 5.73 Å². The van der Waals surface area contributed by atoms with Crippen molar-refractivity contribution >= 4 is 13.8 Å². The van der Waals surface area contributed by atoms with Gasteiger partial charge in [0.2, 0.25) is 0 Å². The number of carbonyl (C=O) groups is 1. The van der Waals surface area contributed by atoms with Crippen LogP contribution in [-0.2, 0) is 27.9 Å². The number of unbranched alkanes of at least 4 members (excludes halogenated alkanes) is 15. The van der Waals surface area contributed by atoms with Crippen molar-refractivity contribution in [3.05, 3.63) is 48.6 Å². The van der Waals surface area contributed by atoms with Gasteiger partial charge in [0.15, 0.2) is 0 Å². The van der Waals surface area contributed by atoms with Crippen LogP contribution in [0.4, 0.5) is 0 Å². The van der Waals surface area contributed by atoms with Crippen LogP contribution in [0.15, 0.2) is 48.6 Å². The van der Waals surface area contributed by atoms with Crippen molar-refractivity contribution in [3.8, 4) is 0 Å². The van der Waals surface area contributed by atoms with Crippen molar-refractivity contribution in [2.75, 3.05) is 33.0 Å². The summed E-state index contributed by atoms with van der Waals surface area (Å²) >= 11 is 0. The van der Waals surface area contributed by atoms with Crippen LogP contribution in [0.1, 0.15) is 155 Å². The summed E-state index contributed by atoms with van der Waals surface area (Å²) in [7, 11) is -4.27. The molecule has 0 rings (SSSR count). The van der Waals surface area contributed by atoms with E-state index in [2.05, 4.69) is 62.5 Å². The maximum atomic E-state index is 12.5. The highest BCUT2D eigenvalue weighted by molar-refractivity contribution is 7.47. The standard InChI is InChI=1S/C39H72NO7P/c1-3-5-7-9-11-13-15-16-17-18-19-20-21-23-25-27-29-31-34-44-36-38(37-46-48(42,43)45-35-33-40)47-39(41)32-30-28-26-24-22-14-12-10-8-6-4-2/h5,7,10-13,16-17,38H,3-4,6,8-9,14-15,18-37,40H2,1-2H3,(H,42,43)/b7-5-,12-10-,13-11-,17-16-. The van der Waals surface area contributed by atoms with Crippen molar-refractivity contribution in [3.63, 3.8) is 0 Å². The normalized spacial score (nSPS) is 14.2. The minimum absolute atomic E-state index is 0.0961. The lowest BCUT2D eigenvalue weighted by Crippen LogP contribution is -2.28. The van der Waals surface area contributed by atoms with Gasteiger partial charge in [-0.1, -0.05) is 133 Å². The SMILES string of the molecule is CC/C=C\C/C=C\C/C=C\CCCCCCCCCCOCC(COP(=O)(O)OCCN)OC(=O)CCCCCCC/C=C\CCCC. The summed E-state index contributed by atoms with van der Waals surface area (Å²) in [6.45, 7) is 4.73. The zero-order valence-corrected chi connectivity index (χ0v) is 31.6. The van der Waals surface area contributed by atoms with Crippen LogP contribution in [0.25, 0.3) is 0 Å². The van der Waals surface area contributed by atoms with E-state index in [-0.39, 0.29) is 32.3 Å². The molecule has 0 bridgehead atoms. The second kappa shape index (κ2) is 36.7. The Balaban J connectivity index is 4.07. The van der Waals surface area contributed by atoms with Gasteiger partial charge in [0.05, 0.1) is 19.8 Å². The lowest BCUT2D eigenvalue weighted by Gasteiger charge is -2.20. The number of ether oxygens (including phenoxy) is 2.